The number of piperidine rings is 1. The largest absolute Gasteiger partial charge is 0.496 e. The van der Waals surface area contributed by atoms with Crippen molar-refractivity contribution in [1.82, 2.24) is 24.5 Å². The van der Waals surface area contributed by atoms with Gasteiger partial charge in [0.25, 0.3) is 21.6 Å². The first kappa shape index (κ1) is 52.8. The molecule has 1 amide bonds. The topological polar surface area (TPSA) is 195 Å². The van der Waals surface area contributed by atoms with Gasteiger partial charge in [0.15, 0.2) is 0 Å². The smallest absolute Gasteiger partial charge is 0.293 e. The highest BCUT2D eigenvalue weighted by atomic mass is 32.2. The lowest BCUT2D eigenvalue weighted by Crippen LogP contribution is -2.60. The van der Waals surface area contributed by atoms with Crippen LogP contribution >= 0.6 is 0 Å². The van der Waals surface area contributed by atoms with Crippen LogP contribution in [0.25, 0.3) is 11.0 Å². The second-order valence-electron chi connectivity index (χ2n) is 22.3. The third-order valence-electron chi connectivity index (χ3n) is 16.7. The number of nitrogens with one attached hydrogen (secondary N) is 3. The van der Waals surface area contributed by atoms with Crippen LogP contribution < -0.4 is 24.4 Å². The monoisotopic (exact) mass is 1060 g/mol. The van der Waals surface area contributed by atoms with E-state index in [4.69, 9.17) is 9.47 Å². The number of halogens is 1. The molecule has 0 radical (unpaired) electrons. The molecule has 1 spiro atoms. The first-order valence-corrected chi connectivity index (χ1v) is 28.1. The number of aromatic amines is 1. The summed E-state index contributed by atoms with van der Waals surface area (Å²) in [4.78, 5) is 39.9. The van der Waals surface area contributed by atoms with Gasteiger partial charge in [-0.15, -0.1) is 0 Å². The number of pyridine rings is 1. The maximum atomic E-state index is 14.7. The number of H-pyrrole nitrogens is 1. The maximum Gasteiger partial charge on any atom is 0.293 e. The van der Waals surface area contributed by atoms with Gasteiger partial charge in [-0.2, -0.15) is 0 Å². The molecule has 2 aliphatic heterocycles. The van der Waals surface area contributed by atoms with Gasteiger partial charge >= 0.3 is 0 Å². The minimum Gasteiger partial charge on any atom is -0.496 e. The lowest BCUT2D eigenvalue weighted by molar-refractivity contribution is -0.384. The molecular formula is C58H69FN8O8S. The van der Waals surface area contributed by atoms with E-state index >= 15 is 0 Å². The second kappa shape index (κ2) is 21.4. The van der Waals surface area contributed by atoms with Crippen LogP contribution in [-0.4, -0.2) is 102 Å². The molecule has 2 saturated carbocycles. The Kier molecular flexibility index (Phi) is 14.9. The zero-order valence-corrected chi connectivity index (χ0v) is 44.8. The maximum absolute atomic E-state index is 14.7. The number of piperazine rings is 1. The van der Waals surface area contributed by atoms with Gasteiger partial charge in [0.2, 0.25) is 0 Å². The van der Waals surface area contributed by atoms with Crippen LogP contribution in [0.2, 0.25) is 0 Å². The highest BCUT2D eigenvalue weighted by Gasteiger charge is 2.50. The SMILES string of the molecule is COc1cc(CN2CCN(C3CC4(CCN(c5ccc(C(=O)NS(=O)(=O)c6ccc(NCC7CCC(C)(O)CC7)c([N+](=O)[O-])c6)c(Oc6cnc7[nH]cc(F)c7c6)c5)CC4)C3)C(c3ccccc3C(C)C)C2)ccc1C. The average molecular weight is 1060 g/mol. The highest BCUT2D eigenvalue weighted by Crippen LogP contribution is 2.53. The number of benzene rings is 4. The number of aryl methyl sites for hydroxylation is 1. The first-order chi connectivity index (χ1) is 36.4. The molecule has 4 aliphatic rings. The van der Waals surface area contributed by atoms with E-state index in [-0.39, 0.29) is 45.5 Å². The van der Waals surface area contributed by atoms with Gasteiger partial charge in [-0.05, 0) is 141 Å². The van der Waals surface area contributed by atoms with Crippen molar-refractivity contribution < 1.29 is 37.1 Å². The Bertz CT molecular complexity index is 3230. The Morgan fingerprint density at radius 2 is 1.74 bits per heavy atom. The van der Waals surface area contributed by atoms with Crippen LogP contribution in [0.15, 0.2) is 102 Å². The minimum absolute atomic E-state index is 0.0226. The molecule has 1 unspecified atom stereocenters. The van der Waals surface area contributed by atoms with Crippen LogP contribution in [0.4, 0.5) is 21.5 Å². The number of carbonyl (C=O) groups excluding carboxylic acids is 1. The Morgan fingerprint density at radius 1 is 0.974 bits per heavy atom. The average Bonchev–Trinajstić information content (AvgIpc) is 3.82. The molecule has 10 rings (SSSR count). The van der Waals surface area contributed by atoms with Crippen molar-refractivity contribution in [3.8, 4) is 17.2 Å². The van der Waals surface area contributed by atoms with E-state index in [0.717, 1.165) is 101 Å². The number of hydrogen-bond acceptors (Lipinski definition) is 13. The molecule has 0 bridgehead atoms. The van der Waals surface area contributed by atoms with E-state index in [9.17, 15) is 32.8 Å². The van der Waals surface area contributed by atoms with Crippen LogP contribution in [0.1, 0.15) is 117 Å². The zero-order chi connectivity index (χ0) is 53.5. The Labute approximate surface area is 444 Å². The number of fused-ring (bicyclic) bond motifs is 1. The van der Waals surface area contributed by atoms with Gasteiger partial charge in [0, 0.05) is 81.9 Å². The lowest BCUT2D eigenvalue weighted by Gasteiger charge is -2.58. The van der Waals surface area contributed by atoms with Gasteiger partial charge in [0.1, 0.15) is 34.4 Å². The number of carbonyl (C=O) groups is 1. The number of methoxy groups -OCH3 is 1. The van der Waals surface area contributed by atoms with Crippen LogP contribution in [-0.2, 0) is 16.6 Å². The number of aliphatic hydroxyl groups is 1. The third-order valence-corrected chi connectivity index (χ3v) is 18.0. The van der Waals surface area contributed by atoms with Crippen molar-refractivity contribution >= 4 is 44.0 Å². The molecule has 2 aromatic heterocycles. The molecule has 4 N–H and O–H groups in total. The molecule has 2 saturated heterocycles. The number of nitrogens with zero attached hydrogens (tertiary/aromatic N) is 5. The molecule has 4 heterocycles. The van der Waals surface area contributed by atoms with Gasteiger partial charge in [-0.3, -0.25) is 24.7 Å². The number of rotatable bonds is 16. The summed E-state index contributed by atoms with van der Waals surface area (Å²) >= 11 is 0. The second-order valence-corrected chi connectivity index (χ2v) is 24.0. The summed E-state index contributed by atoms with van der Waals surface area (Å²) in [5.41, 5.74) is 5.29. The van der Waals surface area contributed by atoms with Crippen molar-refractivity contribution in [1.29, 1.82) is 0 Å². The van der Waals surface area contributed by atoms with Crippen molar-refractivity contribution in [2.24, 2.45) is 11.3 Å². The van der Waals surface area contributed by atoms with E-state index in [1.807, 2.05) is 0 Å². The van der Waals surface area contributed by atoms with Crippen molar-refractivity contribution in [2.75, 3.05) is 56.6 Å². The molecule has 1 atom stereocenters. The van der Waals surface area contributed by atoms with E-state index in [1.165, 1.54) is 53.3 Å². The Hall–Kier alpha value is -6.60. The Morgan fingerprint density at radius 3 is 2.47 bits per heavy atom. The fourth-order valence-electron chi connectivity index (χ4n) is 12.2. The molecule has 402 valence electrons. The number of aromatic nitrogens is 2. The van der Waals surface area contributed by atoms with Gasteiger partial charge in [-0.1, -0.05) is 50.2 Å². The van der Waals surface area contributed by atoms with Crippen molar-refractivity contribution in [2.45, 2.75) is 114 Å². The summed E-state index contributed by atoms with van der Waals surface area (Å²) in [6, 6.07) is 26.1. The summed E-state index contributed by atoms with van der Waals surface area (Å²) in [6.45, 7) is 14.1. The third kappa shape index (κ3) is 11.3. The normalized spacial score (nSPS) is 21.4. The molecular weight excluding hydrogens is 988 g/mol. The summed E-state index contributed by atoms with van der Waals surface area (Å²) in [6.07, 6.45) is 9.46. The number of ether oxygens (including phenoxy) is 2. The standard InChI is InChI=1S/C58H69FN8O8S/c1-37(2)45-8-6-7-9-46(45)52-36-64(35-40-11-10-38(3)53(26-40)74-5)24-25-66(52)42-30-58(31-42)20-22-65(23-21-58)41-12-14-47(54(27-41)75-43-28-48-49(59)34-62-55(48)61-33-43)56(68)63-76(72,73)44-13-15-50(51(29-44)67(70)71)60-32-39-16-18-57(4,69)19-17-39/h6-15,26-29,33-34,37,39,42,52,60,69H,16-25,30-32,35-36H2,1-5H3,(H,61,62)(H,63,68). The number of amides is 1. The van der Waals surface area contributed by atoms with Gasteiger partial charge in [-0.25, -0.2) is 22.5 Å². The van der Waals surface area contributed by atoms with Crippen molar-refractivity contribution in [3.05, 3.63) is 141 Å². The van der Waals surface area contributed by atoms with Crippen molar-refractivity contribution in [3.63, 3.8) is 0 Å². The highest BCUT2D eigenvalue weighted by molar-refractivity contribution is 7.90. The minimum atomic E-state index is -4.64. The number of anilines is 2. The van der Waals surface area contributed by atoms with E-state index in [2.05, 4.69) is 97.9 Å². The lowest BCUT2D eigenvalue weighted by atomic mass is 9.59. The van der Waals surface area contributed by atoms with Crippen LogP contribution in [0.3, 0.4) is 0 Å². The molecule has 16 nitrogen and oxygen atoms in total. The number of nitro groups is 1. The van der Waals surface area contributed by atoms with Crippen LogP contribution in [0.5, 0.6) is 17.2 Å². The predicted octanol–water partition coefficient (Wildman–Crippen LogP) is 10.6. The molecule has 18 heteroatoms. The van der Waals surface area contributed by atoms with Crippen LogP contribution in [0, 0.1) is 34.2 Å². The summed E-state index contributed by atoms with van der Waals surface area (Å²) in [5, 5.41) is 25.9. The first-order valence-electron chi connectivity index (χ1n) is 26.6. The van der Waals surface area contributed by atoms with E-state index in [1.54, 1.807) is 26.2 Å². The fourth-order valence-corrected chi connectivity index (χ4v) is 13.2. The van der Waals surface area contributed by atoms with Gasteiger partial charge < -0.3 is 29.8 Å². The zero-order valence-electron chi connectivity index (χ0n) is 44.0. The number of hydrogen-bond donors (Lipinski definition) is 4. The van der Waals surface area contributed by atoms with Gasteiger partial charge in [0.05, 0.1) is 39.7 Å². The summed E-state index contributed by atoms with van der Waals surface area (Å²) in [5.74, 6) is 0.0775. The Balaban J connectivity index is 0.839. The summed E-state index contributed by atoms with van der Waals surface area (Å²) in [7, 11) is -2.92. The predicted molar refractivity (Wildman–Crippen MR) is 291 cm³/mol. The number of nitro benzene ring substituents is 1. The fraction of sp³-hybridized carbons (Fsp3) is 0.448. The van der Waals surface area contributed by atoms with E-state index in [0.29, 0.717) is 37.0 Å². The molecule has 4 fully saturated rings. The summed E-state index contributed by atoms with van der Waals surface area (Å²) < 4.78 is 56.5. The number of sulfonamides is 1. The molecule has 76 heavy (non-hydrogen) atoms. The van der Waals surface area contributed by atoms with E-state index < -0.39 is 42.9 Å². The molecule has 4 aromatic carbocycles. The molecule has 6 aromatic rings. The molecule has 2 aliphatic carbocycles. The quantitative estimate of drug-likeness (QED) is 0.0529.